The lowest BCUT2D eigenvalue weighted by Gasteiger charge is -2.41. The average molecular weight is 238 g/mol. The second-order valence-corrected chi connectivity index (χ2v) is 5.29. The van der Waals surface area contributed by atoms with Crippen LogP contribution >= 0.6 is 11.8 Å². The van der Waals surface area contributed by atoms with E-state index in [9.17, 15) is 0 Å². The van der Waals surface area contributed by atoms with Crippen LogP contribution in [-0.2, 0) is 15.1 Å². The molecule has 0 amide bonds. The Morgan fingerprint density at radius 2 is 2.06 bits per heavy atom. The molecule has 1 aliphatic heterocycles. The first-order chi connectivity index (χ1) is 7.87. The quantitative estimate of drug-likeness (QED) is 0.710. The number of hydrogen-bond acceptors (Lipinski definition) is 3. The third-order valence-electron chi connectivity index (χ3n) is 2.78. The van der Waals surface area contributed by atoms with E-state index in [2.05, 4.69) is 31.2 Å². The molecule has 1 saturated heterocycles. The lowest BCUT2D eigenvalue weighted by atomic mass is 9.92. The van der Waals surface area contributed by atoms with Gasteiger partial charge in [-0.2, -0.15) is 11.8 Å². The Kier molecular flexibility index (Phi) is 4.27. The number of thioether (sulfide) groups is 1. The minimum absolute atomic E-state index is 0.171. The Labute approximate surface area is 101 Å². The largest absolute Gasteiger partial charge is 0.375 e. The van der Waals surface area contributed by atoms with Gasteiger partial charge in [0.15, 0.2) is 0 Å². The fourth-order valence-electron chi connectivity index (χ4n) is 1.80. The first-order valence-electron chi connectivity index (χ1n) is 5.72. The molecule has 16 heavy (non-hydrogen) atoms. The number of benzene rings is 1. The molecule has 0 unspecified atom stereocenters. The molecule has 0 saturated carbocycles. The fourth-order valence-corrected chi connectivity index (χ4v) is 2.29. The predicted molar refractivity (Wildman–Crippen MR) is 67.9 cm³/mol. The molecule has 88 valence electrons. The average Bonchev–Trinajstić information content (AvgIpc) is 2.28. The molecule has 0 aliphatic carbocycles. The van der Waals surface area contributed by atoms with Gasteiger partial charge in [-0.25, -0.2) is 0 Å². The molecule has 0 radical (unpaired) electrons. The first-order valence-corrected chi connectivity index (χ1v) is 6.88. The van der Waals surface area contributed by atoms with Crippen LogP contribution in [0.4, 0.5) is 0 Å². The van der Waals surface area contributed by atoms with Crippen molar-refractivity contribution < 1.29 is 9.47 Å². The molecule has 3 heteroatoms. The van der Waals surface area contributed by atoms with Gasteiger partial charge in [0.25, 0.3) is 0 Å². The van der Waals surface area contributed by atoms with Gasteiger partial charge >= 0.3 is 0 Å². The van der Waals surface area contributed by atoms with E-state index in [1.54, 1.807) is 0 Å². The summed E-state index contributed by atoms with van der Waals surface area (Å²) in [6.45, 7) is 4.35. The van der Waals surface area contributed by atoms with Crippen LogP contribution in [0.1, 0.15) is 12.5 Å². The fraction of sp³-hybridized carbons (Fsp3) is 0.538. The summed E-state index contributed by atoms with van der Waals surface area (Å²) in [4.78, 5) is 0. The third-order valence-corrected chi connectivity index (χ3v) is 3.64. The summed E-state index contributed by atoms with van der Waals surface area (Å²) < 4.78 is 11.3. The Morgan fingerprint density at radius 3 is 2.62 bits per heavy atom. The highest BCUT2D eigenvalue weighted by atomic mass is 32.2. The second kappa shape index (κ2) is 5.71. The molecule has 2 nitrogen and oxygen atoms in total. The van der Waals surface area contributed by atoms with Crippen LogP contribution in [0, 0.1) is 0 Å². The summed E-state index contributed by atoms with van der Waals surface area (Å²) in [7, 11) is 0. The van der Waals surface area contributed by atoms with Gasteiger partial charge in [-0.1, -0.05) is 37.3 Å². The minimum atomic E-state index is -0.171. The van der Waals surface area contributed by atoms with Crippen molar-refractivity contribution in [3.8, 4) is 0 Å². The molecule has 0 spiro atoms. The van der Waals surface area contributed by atoms with Crippen LogP contribution in [0.3, 0.4) is 0 Å². The zero-order valence-corrected chi connectivity index (χ0v) is 10.5. The topological polar surface area (TPSA) is 18.5 Å². The van der Waals surface area contributed by atoms with Crippen LogP contribution in [-0.4, -0.2) is 31.3 Å². The van der Waals surface area contributed by atoms with Gasteiger partial charge in [-0.05, 0) is 11.3 Å². The number of hydrogen-bond donors (Lipinski definition) is 0. The van der Waals surface area contributed by atoms with Crippen LogP contribution < -0.4 is 0 Å². The van der Waals surface area contributed by atoms with Gasteiger partial charge in [-0.3, -0.25) is 0 Å². The maximum Gasteiger partial charge on any atom is 0.139 e. The minimum Gasteiger partial charge on any atom is -0.375 e. The van der Waals surface area contributed by atoms with Crippen molar-refractivity contribution in [1.29, 1.82) is 0 Å². The van der Waals surface area contributed by atoms with E-state index in [0.29, 0.717) is 13.2 Å². The van der Waals surface area contributed by atoms with E-state index in [1.165, 1.54) is 5.56 Å². The summed E-state index contributed by atoms with van der Waals surface area (Å²) in [5.74, 6) is 2.21. The molecule has 1 fully saturated rings. The summed E-state index contributed by atoms with van der Waals surface area (Å²) in [6.07, 6.45) is 0. The highest BCUT2D eigenvalue weighted by Gasteiger charge is 2.41. The second-order valence-electron chi connectivity index (χ2n) is 3.90. The summed E-state index contributed by atoms with van der Waals surface area (Å²) in [6, 6.07) is 10.4. The van der Waals surface area contributed by atoms with Gasteiger partial charge in [0, 0.05) is 5.75 Å². The highest BCUT2D eigenvalue weighted by Crippen LogP contribution is 2.33. The Balaban J connectivity index is 1.92. The molecule has 1 aliphatic rings. The summed E-state index contributed by atoms with van der Waals surface area (Å²) >= 11 is 1.91. The van der Waals surface area contributed by atoms with Crippen LogP contribution in [0.25, 0.3) is 0 Å². The molecule has 2 rings (SSSR count). The van der Waals surface area contributed by atoms with Crippen molar-refractivity contribution in [2.75, 3.05) is 31.3 Å². The molecular formula is C13H18O2S. The number of rotatable bonds is 6. The smallest absolute Gasteiger partial charge is 0.139 e. The molecule has 0 N–H and O–H groups in total. The maximum absolute atomic E-state index is 6.01. The Morgan fingerprint density at radius 1 is 1.31 bits per heavy atom. The van der Waals surface area contributed by atoms with E-state index >= 15 is 0 Å². The lowest BCUT2D eigenvalue weighted by molar-refractivity contribution is -0.214. The molecule has 1 aromatic rings. The maximum atomic E-state index is 6.01. The Bertz CT molecular complexity index is 309. The van der Waals surface area contributed by atoms with Gasteiger partial charge in [0.2, 0.25) is 0 Å². The van der Waals surface area contributed by atoms with E-state index in [4.69, 9.17) is 9.47 Å². The standard InChI is InChI=1S/C13H18O2S/c1-2-16-9-8-15-13(10-14-11-13)12-6-4-3-5-7-12/h3-7H,2,8-11H2,1H3. The lowest BCUT2D eigenvalue weighted by Crippen LogP contribution is -2.49. The van der Waals surface area contributed by atoms with Crippen molar-refractivity contribution in [3.05, 3.63) is 35.9 Å². The van der Waals surface area contributed by atoms with Gasteiger partial charge in [0.05, 0.1) is 19.8 Å². The molecule has 1 heterocycles. The zero-order valence-electron chi connectivity index (χ0n) is 9.65. The molecular weight excluding hydrogens is 220 g/mol. The first kappa shape index (κ1) is 12.0. The number of ether oxygens (including phenoxy) is 2. The van der Waals surface area contributed by atoms with Gasteiger partial charge in [0.1, 0.15) is 5.60 Å². The van der Waals surface area contributed by atoms with Crippen molar-refractivity contribution >= 4 is 11.8 Å². The summed E-state index contributed by atoms with van der Waals surface area (Å²) in [5.41, 5.74) is 1.07. The van der Waals surface area contributed by atoms with E-state index < -0.39 is 0 Å². The molecule has 0 atom stereocenters. The monoisotopic (exact) mass is 238 g/mol. The third kappa shape index (κ3) is 2.59. The van der Waals surface area contributed by atoms with Crippen LogP contribution in [0.15, 0.2) is 30.3 Å². The van der Waals surface area contributed by atoms with Gasteiger partial charge in [-0.15, -0.1) is 0 Å². The van der Waals surface area contributed by atoms with Crippen LogP contribution in [0.2, 0.25) is 0 Å². The highest BCUT2D eigenvalue weighted by molar-refractivity contribution is 7.99. The molecule has 0 bridgehead atoms. The zero-order chi connectivity index (χ0) is 11.3. The summed E-state index contributed by atoms with van der Waals surface area (Å²) in [5, 5.41) is 0. The van der Waals surface area contributed by atoms with Crippen molar-refractivity contribution in [2.24, 2.45) is 0 Å². The van der Waals surface area contributed by atoms with Crippen molar-refractivity contribution in [2.45, 2.75) is 12.5 Å². The SMILES string of the molecule is CCSCCOC1(c2ccccc2)COC1. The van der Waals surface area contributed by atoms with Gasteiger partial charge < -0.3 is 9.47 Å². The van der Waals surface area contributed by atoms with E-state index in [0.717, 1.165) is 18.1 Å². The van der Waals surface area contributed by atoms with Crippen molar-refractivity contribution in [1.82, 2.24) is 0 Å². The van der Waals surface area contributed by atoms with E-state index in [1.807, 2.05) is 17.8 Å². The van der Waals surface area contributed by atoms with Crippen molar-refractivity contribution in [3.63, 3.8) is 0 Å². The van der Waals surface area contributed by atoms with Crippen LogP contribution in [0.5, 0.6) is 0 Å². The normalized spacial score (nSPS) is 18.1. The van der Waals surface area contributed by atoms with E-state index in [-0.39, 0.29) is 5.60 Å². The predicted octanol–water partition coefficient (Wildman–Crippen LogP) is 2.68. The molecule has 0 aromatic heterocycles. The molecule has 1 aromatic carbocycles. The Hall–Kier alpha value is -0.510.